The summed E-state index contributed by atoms with van der Waals surface area (Å²) in [6.45, 7) is 4.73. The zero-order chi connectivity index (χ0) is 41.2. The topological polar surface area (TPSA) is 6.48 Å². The molecule has 2 heterocycles. The lowest BCUT2D eigenvalue weighted by molar-refractivity contribution is 0.660. The van der Waals surface area contributed by atoms with Crippen LogP contribution in [-0.2, 0) is 18.3 Å². The van der Waals surface area contributed by atoms with E-state index in [1.54, 1.807) is 0 Å². The van der Waals surface area contributed by atoms with Crippen molar-refractivity contribution in [2.24, 2.45) is 0 Å². The number of hydrogen-bond donors (Lipinski definition) is 0. The Balaban J connectivity index is 0.770. The number of benzene rings is 8. The molecule has 0 unspecified atom stereocenters. The average molecular weight is 785 g/mol. The van der Waals surface area contributed by atoms with Crippen molar-refractivity contribution in [2.75, 3.05) is 23.9 Å². The molecule has 0 saturated carbocycles. The zero-order valence-corrected chi connectivity index (χ0v) is 35.3. The summed E-state index contributed by atoms with van der Waals surface area (Å²) in [5, 5.41) is 0. The standard InChI is InChI=1S/C59H48N2/c1-59(2)53-33-41(15-13-39-17-23-43(24-18-39)45-27-29-49-35-47-9-5-7-11-55(47)60(3)57(49)37-45)21-31-51(53)52-32-22-42(34-54(52)59)16-14-40-19-25-44(26-20-40)46-28-30-50-36-48-10-6-8-12-56(48)61(4)58(50)38-46/h5-34,37-38H,35-36H2,1-4H3/b15-13+,16-14+. The Morgan fingerprint density at radius 2 is 0.721 bits per heavy atom. The number of hydrogen-bond acceptors (Lipinski definition) is 2. The molecule has 0 radical (unpaired) electrons. The SMILES string of the molecule is CN1c2ccccc2Cc2ccc(-c3ccc(/C=C/c4ccc5c(c4)C(C)(C)c4cc(/C=C/c6ccc(-c7ccc8c(c7)N(C)c7ccccc7C8)cc6)ccc4-5)cc3)cc21. The Kier molecular flexibility index (Phi) is 8.79. The molecule has 0 saturated heterocycles. The van der Waals surface area contributed by atoms with Crippen LogP contribution in [0.4, 0.5) is 22.7 Å². The fraction of sp³-hybridized carbons (Fsp3) is 0.119. The fourth-order valence-electron chi connectivity index (χ4n) is 9.99. The van der Waals surface area contributed by atoms with E-state index in [0.717, 1.165) is 12.8 Å². The van der Waals surface area contributed by atoms with Crippen molar-refractivity contribution >= 4 is 47.1 Å². The monoisotopic (exact) mass is 784 g/mol. The molecule has 1 aliphatic carbocycles. The van der Waals surface area contributed by atoms with Crippen molar-refractivity contribution in [2.45, 2.75) is 32.1 Å². The van der Waals surface area contributed by atoms with Gasteiger partial charge >= 0.3 is 0 Å². The van der Waals surface area contributed by atoms with Crippen LogP contribution in [0.2, 0.25) is 0 Å². The van der Waals surface area contributed by atoms with Gasteiger partial charge in [0.2, 0.25) is 0 Å². The first-order valence-electron chi connectivity index (χ1n) is 21.5. The van der Waals surface area contributed by atoms with Gasteiger partial charge in [0.05, 0.1) is 0 Å². The lowest BCUT2D eigenvalue weighted by Gasteiger charge is -2.30. The van der Waals surface area contributed by atoms with E-state index in [0.29, 0.717) is 0 Å². The molecule has 0 bridgehead atoms. The van der Waals surface area contributed by atoms with Gasteiger partial charge in [0.15, 0.2) is 0 Å². The lowest BCUT2D eigenvalue weighted by atomic mass is 9.81. The highest BCUT2D eigenvalue weighted by Gasteiger charge is 2.35. The summed E-state index contributed by atoms with van der Waals surface area (Å²) < 4.78 is 0. The molecule has 8 aromatic carbocycles. The summed E-state index contributed by atoms with van der Waals surface area (Å²) >= 11 is 0. The van der Waals surface area contributed by atoms with Crippen molar-refractivity contribution in [3.8, 4) is 33.4 Å². The number of anilines is 4. The second-order valence-electron chi connectivity index (χ2n) is 17.6. The van der Waals surface area contributed by atoms with Gasteiger partial charge in [-0.3, -0.25) is 0 Å². The van der Waals surface area contributed by atoms with E-state index in [9.17, 15) is 0 Å². The Bertz CT molecular complexity index is 2860. The molecule has 0 spiro atoms. The van der Waals surface area contributed by atoms with Gasteiger partial charge in [-0.15, -0.1) is 0 Å². The lowest BCUT2D eigenvalue weighted by Crippen LogP contribution is -2.18. The van der Waals surface area contributed by atoms with Crippen LogP contribution in [-0.4, -0.2) is 14.1 Å². The predicted octanol–water partition coefficient (Wildman–Crippen LogP) is 15.0. The molecule has 0 fully saturated rings. The molecule has 0 aromatic heterocycles. The third-order valence-corrected chi connectivity index (χ3v) is 13.5. The Morgan fingerprint density at radius 1 is 0.361 bits per heavy atom. The molecule has 11 rings (SSSR count). The summed E-state index contributed by atoms with van der Waals surface area (Å²) in [5.41, 5.74) is 25.8. The molecular formula is C59H48N2. The van der Waals surface area contributed by atoms with Crippen molar-refractivity contribution < 1.29 is 0 Å². The van der Waals surface area contributed by atoms with Crippen LogP contribution in [0.5, 0.6) is 0 Å². The van der Waals surface area contributed by atoms with Gasteiger partial charge in [0.1, 0.15) is 0 Å². The van der Waals surface area contributed by atoms with E-state index in [4.69, 9.17) is 0 Å². The summed E-state index contributed by atoms with van der Waals surface area (Å²) in [5.74, 6) is 0. The minimum absolute atomic E-state index is 0.0995. The number of para-hydroxylation sites is 2. The number of fused-ring (bicyclic) bond motifs is 7. The van der Waals surface area contributed by atoms with Gasteiger partial charge < -0.3 is 9.80 Å². The largest absolute Gasteiger partial charge is 0.344 e. The summed E-state index contributed by atoms with van der Waals surface area (Å²) in [6, 6.07) is 63.1. The minimum atomic E-state index is -0.0995. The van der Waals surface area contributed by atoms with E-state index in [1.807, 2.05) is 0 Å². The van der Waals surface area contributed by atoms with Crippen LogP contribution in [0.3, 0.4) is 0 Å². The fourth-order valence-corrected chi connectivity index (χ4v) is 9.99. The highest BCUT2D eigenvalue weighted by atomic mass is 15.1. The van der Waals surface area contributed by atoms with Crippen molar-refractivity contribution in [3.63, 3.8) is 0 Å². The Hall–Kier alpha value is -7.16. The van der Waals surface area contributed by atoms with Gasteiger partial charge in [0.25, 0.3) is 0 Å². The van der Waals surface area contributed by atoms with Crippen molar-refractivity contribution in [1.29, 1.82) is 0 Å². The second kappa shape index (κ2) is 14.5. The molecule has 0 atom stereocenters. The number of nitrogens with zero attached hydrogens (tertiary/aromatic N) is 2. The first-order valence-corrected chi connectivity index (χ1v) is 21.5. The quantitative estimate of drug-likeness (QED) is 0.155. The Labute approximate surface area is 360 Å². The highest BCUT2D eigenvalue weighted by molar-refractivity contribution is 5.86. The van der Waals surface area contributed by atoms with Gasteiger partial charge in [-0.2, -0.15) is 0 Å². The van der Waals surface area contributed by atoms with Crippen LogP contribution < -0.4 is 9.80 Å². The summed E-state index contributed by atoms with van der Waals surface area (Å²) in [7, 11) is 4.36. The van der Waals surface area contributed by atoms with E-state index < -0.39 is 0 Å². The molecule has 2 aliphatic heterocycles. The maximum Gasteiger partial charge on any atom is 0.0450 e. The molecule has 0 amide bonds. The van der Waals surface area contributed by atoms with Crippen LogP contribution in [0.1, 0.15) is 69.5 Å². The molecule has 3 aliphatic rings. The molecular weight excluding hydrogens is 737 g/mol. The third-order valence-electron chi connectivity index (χ3n) is 13.5. The van der Waals surface area contributed by atoms with Crippen LogP contribution >= 0.6 is 0 Å². The predicted molar refractivity (Wildman–Crippen MR) is 260 cm³/mol. The van der Waals surface area contributed by atoms with Gasteiger partial charge in [-0.05, 0) is 113 Å². The molecule has 2 heteroatoms. The maximum absolute atomic E-state index is 2.39. The zero-order valence-electron chi connectivity index (χ0n) is 35.3. The smallest absolute Gasteiger partial charge is 0.0450 e. The molecule has 61 heavy (non-hydrogen) atoms. The van der Waals surface area contributed by atoms with Crippen molar-refractivity contribution in [1.82, 2.24) is 0 Å². The van der Waals surface area contributed by atoms with Crippen LogP contribution in [0.15, 0.2) is 170 Å². The molecule has 8 aromatic rings. The normalized spacial score (nSPS) is 14.4. The van der Waals surface area contributed by atoms with Crippen LogP contribution in [0.25, 0.3) is 57.7 Å². The highest BCUT2D eigenvalue weighted by Crippen LogP contribution is 2.49. The number of rotatable bonds is 6. The van der Waals surface area contributed by atoms with Gasteiger partial charge in [-0.25, -0.2) is 0 Å². The third kappa shape index (κ3) is 6.51. The van der Waals surface area contributed by atoms with E-state index in [1.165, 1.54) is 112 Å². The molecule has 294 valence electrons. The van der Waals surface area contributed by atoms with Crippen molar-refractivity contribution in [3.05, 3.63) is 225 Å². The van der Waals surface area contributed by atoms with E-state index in [-0.39, 0.29) is 5.41 Å². The summed E-state index contributed by atoms with van der Waals surface area (Å²) in [6.07, 6.45) is 10.9. The Morgan fingerprint density at radius 3 is 1.16 bits per heavy atom. The summed E-state index contributed by atoms with van der Waals surface area (Å²) in [4.78, 5) is 4.66. The van der Waals surface area contributed by atoms with E-state index >= 15 is 0 Å². The first-order chi connectivity index (χ1) is 29.8. The molecule has 2 nitrogen and oxygen atoms in total. The minimum Gasteiger partial charge on any atom is -0.344 e. The molecule has 0 N–H and O–H groups in total. The van der Waals surface area contributed by atoms with E-state index in [2.05, 4.69) is 232 Å². The van der Waals surface area contributed by atoms with Crippen LogP contribution in [0, 0.1) is 0 Å². The first kappa shape index (κ1) is 36.9. The average Bonchev–Trinajstić information content (AvgIpc) is 3.52. The van der Waals surface area contributed by atoms with Gasteiger partial charge in [-0.1, -0.05) is 184 Å². The maximum atomic E-state index is 2.39. The second-order valence-corrected chi connectivity index (χ2v) is 17.6. The van der Waals surface area contributed by atoms with Gasteiger partial charge in [0, 0.05) is 55.1 Å².